The Hall–Kier alpha value is -3.37. The van der Waals surface area contributed by atoms with Crippen LogP contribution < -0.4 is 0 Å². The van der Waals surface area contributed by atoms with Crippen molar-refractivity contribution in [3.63, 3.8) is 0 Å². The van der Waals surface area contributed by atoms with Crippen molar-refractivity contribution >= 4 is 29.5 Å². The summed E-state index contributed by atoms with van der Waals surface area (Å²) in [6.07, 6.45) is 1.03. The fourth-order valence-electron chi connectivity index (χ4n) is 2.58. The second kappa shape index (κ2) is 13.1. The number of ketones is 2. The van der Waals surface area contributed by atoms with Gasteiger partial charge in [0, 0.05) is 23.8 Å². The molecule has 0 aliphatic carbocycles. The first-order chi connectivity index (χ1) is 15.1. The number of carboxylic acid groups (broad SMARTS) is 1. The van der Waals surface area contributed by atoms with Gasteiger partial charge in [-0.05, 0) is 38.8 Å². The minimum absolute atomic E-state index is 0.136. The molecule has 174 valence electrons. The zero-order valence-corrected chi connectivity index (χ0v) is 17.9. The predicted molar refractivity (Wildman–Crippen MR) is 111 cm³/mol. The second-order valence-corrected chi connectivity index (χ2v) is 6.77. The third-order valence-corrected chi connectivity index (χ3v) is 4.18. The lowest BCUT2D eigenvalue weighted by molar-refractivity contribution is -0.137. The molecule has 1 rings (SSSR count). The van der Waals surface area contributed by atoms with Gasteiger partial charge in [-0.2, -0.15) is 0 Å². The van der Waals surface area contributed by atoms with Gasteiger partial charge in [0.15, 0.2) is 11.6 Å². The van der Waals surface area contributed by atoms with E-state index in [2.05, 4.69) is 6.58 Å². The Balaban J connectivity index is 2.63. The highest BCUT2D eigenvalue weighted by Crippen LogP contribution is 2.20. The number of aliphatic hydroxyl groups excluding tert-OH is 1. The molecule has 0 saturated carbocycles. The average molecular weight is 450 g/mol. The van der Waals surface area contributed by atoms with E-state index in [1.165, 1.54) is 0 Å². The highest BCUT2D eigenvalue weighted by atomic mass is 16.5. The van der Waals surface area contributed by atoms with Crippen LogP contribution in [0.5, 0.6) is 0 Å². The highest BCUT2D eigenvalue weighted by molar-refractivity contribution is 6.12. The highest BCUT2D eigenvalue weighted by Gasteiger charge is 2.24. The number of carbonyl (C=O) groups is 5. The molecule has 0 fully saturated rings. The number of hydrogen-bond donors (Lipinski definition) is 2. The van der Waals surface area contributed by atoms with Crippen molar-refractivity contribution in [2.45, 2.75) is 32.8 Å². The third kappa shape index (κ3) is 8.40. The van der Waals surface area contributed by atoms with Crippen molar-refractivity contribution in [1.29, 1.82) is 0 Å². The first-order valence-corrected chi connectivity index (χ1v) is 9.73. The van der Waals surface area contributed by atoms with E-state index in [9.17, 15) is 34.2 Å². The van der Waals surface area contributed by atoms with Crippen LogP contribution in [0.1, 0.15) is 68.1 Å². The van der Waals surface area contributed by atoms with Crippen molar-refractivity contribution in [2.75, 3.05) is 26.4 Å². The normalized spacial score (nSPS) is 11.3. The van der Waals surface area contributed by atoms with E-state index < -0.39 is 47.7 Å². The van der Waals surface area contributed by atoms with Crippen LogP contribution in [0.15, 0.2) is 24.8 Å². The van der Waals surface area contributed by atoms with Crippen LogP contribution in [-0.4, -0.2) is 72.2 Å². The van der Waals surface area contributed by atoms with E-state index in [0.717, 1.165) is 32.1 Å². The molecule has 0 spiro atoms. The molecule has 32 heavy (non-hydrogen) atoms. The molecule has 1 aromatic rings. The molecule has 1 unspecified atom stereocenters. The molecule has 0 saturated heterocycles. The van der Waals surface area contributed by atoms with Crippen molar-refractivity contribution in [1.82, 2.24) is 0 Å². The van der Waals surface area contributed by atoms with E-state index in [1.807, 2.05) is 0 Å². The summed E-state index contributed by atoms with van der Waals surface area (Å²) in [6.45, 7) is 5.49. The molecule has 0 radical (unpaired) electrons. The Morgan fingerprint density at radius 3 is 2.03 bits per heavy atom. The summed E-state index contributed by atoms with van der Waals surface area (Å²) in [4.78, 5) is 58.3. The topological polar surface area (TPSA) is 154 Å². The maximum absolute atomic E-state index is 12.4. The van der Waals surface area contributed by atoms with Crippen LogP contribution in [0.25, 0.3) is 0 Å². The van der Waals surface area contributed by atoms with Gasteiger partial charge >= 0.3 is 17.9 Å². The number of unbranched alkanes of at least 4 members (excludes halogenated alkanes) is 1. The monoisotopic (exact) mass is 450 g/mol. The summed E-state index contributed by atoms with van der Waals surface area (Å²) < 4.78 is 15.0. The van der Waals surface area contributed by atoms with Crippen molar-refractivity contribution in [3.8, 4) is 0 Å². The molecule has 2 N–H and O–H groups in total. The number of aromatic carboxylic acids is 1. The molecule has 0 aromatic heterocycles. The Labute approximate surface area is 184 Å². The number of carboxylic acids is 1. The third-order valence-electron chi connectivity index (χ3n) is 4.18. The standard InChI is InChI=1S/C22H26O10/c1-4-20(26)31-8-6-5-7-30-11-15(25)12-32-22(29)19-10-18(21(27)28)16(13(2)23)9-17(19)14(3)24/h4,9-10,15,25H,1,5-8,11-12H2,2-3H3,(H,27,28). The number of hydrogen-bond acceptors (Lipinski definition) is 9. The van der Waals surface area contributed by atoms with E-state index in [-0.39, 0.29) is 36.5 Å². The maximum atomic E-state index is 12.4. The molecule has 10 nitrogen and oxygen atoms in total. The Morgan fingerprint density at radius 1 is 0.906 bits per heavy atom. The number of aliphatic hydroxyl groups is 1. The molecule has 1 aromatic carbocycles. The largest absolute Gasteiger partial charge is 0.478 e. The Kier molecular flexibility index (Phi) is 10.9. The van der Waals surface area contributed by atoms with Gasteiger partial charge in [0.25, 0.3) is 0 Å². The van der Waals surface area contributed by atoms with Gasteiger partial charge in [-0.15, -0.1) is 0 Å². The van der Waals surface area contributed by atoms with Crippen molar-refractivity contribution in [2.24, 2.45) is 0 Å². The first kappa shape index (κ1) is 26.7. The number of esters is 2. The fourth-order valence-corrected chi connectivity index (χ4v) is 2.58. The second-order valence-electron chi connectivity index (χ2n) is 6.77. The van der Waals surface area contributed by atoms with Gasteiger partial charge in [-0.3, -0.25) is 9.59 Å². The van der Waals surface area contributed by atoms with Crippen LogP contribution in [0, 0.1) is 0 Å². The molecule has 0 bridgehead atoms. The quantitative estimate of drug-likeness (QED) is 0.186. The summed E-state index contributed by atoms with van der Waals surface area (Å²) >= 11 is 0. The minimum Gasteiger partial charge on any atom is -0.478 e. The van der Waals surface area contributed by atoms with E-state index in [0.29, 0.717) is 12.8 Å². The van der Waals surface area contributed by atoms with Crippen molar-refractivity contribution in [3.05, 3.63) is 47.0 Å². The Bertz CT molecular complexity index is 887. The number of rotatable bonds is 14. The molecule has 0 amide bonds. The smallest absolute Gasteiger partial charge is 0.338 e. The van der Waals surface area contributed by atoms with Gasteiger partial charge in [0.1, 0.15) is 12.7 Å². The minimum atomic E-state index is -1.44. The molecule has 0 aliphatic heterocycles. The van der Waals surface area contributed by atoms with Crippen LogP contribution in [-0.2, 0) is 19.0 Å². The number of benzene rings is 1. The lowest BCUT2D eigenvalue weighted by atomic mass is 9.94. The lowest BCUT2D eigenvalue weighted by Gasteiger charge is -2.14. The zero-order valence-electron chi connectivity index (χ0n) is 17.9. The lowest BCUT2D eigenvalue weighted by Crippen LogP contribution is -2.25. The SMILES string of the molecule is C=CC(=O)OCCCCOCC(O)COC(=O)c1cc(C(=O)O)c(C(C)=O)cc1C(C)=O. The summed E-state index contributed by atoms with van der Waals surface area (Å²) in [5.41, 5.74) is -1.11. The Morgan fingerprint density at radius 2 is 1.47 bits per heavy atom. The van der Waals surface area contributed by atoms with Crippen LogP contribution in [0.2, 0.25) is 0 Å². The van der Waals surface area contributed by atoms with Crippen LogP contribution >= 0.6 is 0 Å². The zero-order chi connectivity index (χ0) is 24.3. The van der Waals surface area contributed by atoms with Crippen molar-refractivity contribution < 1.29 is 48.4 Å². The van der Waals surface area contributed by atoms with Gasteiger partial charge in [-0.25, -0.2) is 14.4 Å². The van der Waals surface area contributed by atoms with Crippen LogP contribution in [0.4, 0.5) is 0 Å². The first-order valence-electron chi connectivity index (χ1n) is 9.73. The molecular weight excluding hydrogens is 424 g/mol. The molecule has 0 heterocycles. The van der Waals surface area contributed by atoms with Gasteiger partial charge < -0.3 is 24.4 Å². The van der Waals surface area contributed by atoms with E-state index in [1.54, 1.807) is 0 Å². The fraction of sp³-hybridized carbons (Fsp3) is 0.409. The summed E-state index contributed by atoms with van der Waals surface area (Å²) in [6, 6.07) is 1.97. The molecule has 1 atom stereocenters. The number of ether oxygens (including phenoxy) is 3. The van der Waals surface area contributed by atoms with Crippen LogP contribution in [0.3, 0.4) is 0 Å². The molecular formula is C22H26O10. The predicted octanol–water partition coefficient (Wildman–Crippen LogP) is 1.83. The molecule has 10 heteroatoms. The summed E-state index contributed by atoms with van der Waals surface area (Å²) in [5, 5.41) is 19.2. The summed E-state index contributed by atoms with van der Waals surface area (Å²) in [7, 11) is 0. The van der Waals surface area contributed by atoms with Gasteiger partial charge in [0.2, 0.25) is 0 Å². The average Bonchev–Trinajstić information content (AvgIpc) is 2.75. The van der Waals surface area contributed by atoms with E-state index in [4.69, 9.17) is 14.2 Å². The number of carbonyl (C=O) groups excluding carboxylic acids is 4. The maximum Gasteiger partial charge on any atom is 0.338 e. The van der Waals surface area contributed by atoms with E-state index >= 15 is 0 Å². The number of Topliss-reactive ketones (excluding diaryl/α,β-unsaturated/α-hetero) is 2. The molecule has 0 aliphatic rings. The summed E-state index contributed by atoms with van der Waals surface area (Å²) in [5.74, 6) is -4.10. The van der Waals surface area contributed by atoms with Gasteiger partial charge in [-0.1, -0.05) is 6.58 Å². The van der Waals surface area contributed by atoms with Gasteiger partial charge in [0.05, 0.1) is 24.3 Å².